The highest BCUT2D eigenvalue weighted by atomic mass is 16.2. The molecule has 0 aliphatic rings. The Bertz CT molecular complexity index is 553. The SMILES string of the molecule is CCC(CCCn1nc2ccccn2c1=O)NC. The van der Waals surface area contributed by atoms with Crippen molar-refractivity contribution in [3.63, 3.8) is 0 Å². The number of fused-ring (bicyclic) bond motifs is 1. The van der Waals surface area contributed by atoms with Crippen LogP contribution < -0.4 is 11.0 Å². The highest BCUT2D eigenvalue weighted by molar-refractivity contribution is 5.35. The largest absolute Gasteiger partial charge is 0.350 e. The molecule has 5 heteroatoms. The molecule has 0 aliphatic carbocycles. The molecule has 0 radical (unpaired) electrons. The molecule has 2 aromatic heterocycles. The Hall–Kier alpha value is -1.62. The van der Waals surface area contributed by atoms with Gasteiger partial charge in [0.1, 0.15) is 0 Å². The van der Waals surface area contributed by atoms with E-state index < -0.39 is 0 Å². The fourth-order valence-electron chi connectivity index (χ4n) is 2.15. The maximum atomic E-state index is 12.0. The molecule has 0 bridgehead atoms. The summed E-state index contributed by atoms with van der Waals surface area (Å²) in [5, 5.41) is 7.57. The summed E-state index contributed by atoms with van der Waals surface area (Å²) < 4.78 is 3.13. The van der Waals surface area contributed by atoms with E-state index in [-0.39, 0.29) is 5.69 Å². The molecular weight excluding hydrogens is 228 g/mol. The molecule has 0 aromatic carbocycles. The second-order valence-corrected chi connectivity index (χ2v) is 4.47. The van der Waals surface area contributed by atoms with Crippen molar-refractivity contribution >= 4 is 5.65 Å². The Morgan fingerprint density at radius 1 is 1.44 bits per heavy atom. The molecule has 0 fully saturated rings. The quantitative estimate of drug-likeness (QED) is 0.837. The molecule has 1 atom stereocenters. The van der Waals surface area contributed by atoms with Crippen molar-refractivity contribution in [3.8, 4) is 0 Å². The highest BCUT2D eigenvalue weighted by Gasteiger charge is 2.07. The third-order valence-electron chi connectivity index (χ3n) is 3.31. The third kappa shape index (κ3) is 2.61. The van der Waals surface area contributed by atoms with Crippen molar-refractivity contribution < 1.29 is 0 Å². The molecule has 1 unspecified atom stereocenters. The summed E-state index contributed by atoms with van der Waals surface area (Å²) in [6.07, 6.45) is 4.89. The first kappa shape index (κ1) is 12.8. The van der Waals surface area contributed by atoms with E-state index in [4.69, 9.17) is 0 Å². The molecule has 2 rings (SSSR count). The minimum Gasteiger partial charge on any atom is -0.317 e. The second-order valence-electron chi connectivity index (χ2n) is 4.47. The first-order chi connectivity index (χ1) is 8.76. The summed E-state index contributed by atoms with van der Waals surface area (Å²) in [5.74, 6) is 0. The molecule has 0 saturated heterocycles. The van der Waals surface area contributed by atoms with E-state index >= 15 is 0 Å². The molecule has 2 aromatic rings. The minimum atomic E-state index is -0.0527. The van der Waals surface area contributed by atoms with Gasteiger partial charge in [0.15, 0.2) is 5.65 Å². The zero-order valence-electron chi connectivity index (χ0n) is 11.0. The van der Waals surface area contributed by atoms with E-state index in [0.717, 1.165) is 19.3 Å². The molecule has 1 N–H and O–H groups in total. The van der Waals surface area contributed by atoms with Crippen LogP contribution in [0.2, 0.25) is 0 Å². The fraction of sp³-hybridized carbons (Fsp3) is 0.538. The van der Waals surface area contributed by atoms with Gasteiger partial charge in [0.25, 0.3) is 0 Å². The molecule has 0 amide bonds. The lowest BCUT2D eigenvalue weighted by Crippen LogP contribution is -2.26. The van der Waals surface area contributed by atoms with Crippen LogP contribution in [0.5, 0.6) is 0 Å². The van der Waals surface area contributed by atoms with Crippen molar-refractivity contribution in [1.29, 1.82) is 0 Å². The van der Waals surface area contributed by atoms with E-state index in [1.54, 1.807) is 15.3 Å². The van der Waals surface area contributed by atoms with Crippen molar-refractivity contribution in [2.24, 2.45) is 0 Å². The van der Waals surface area contributed by atoms with Crippen LogP contribution in [0.4, 0.5) is 0 Å². The van der Waals surface area contributed by atoms with E-state index in [2.05, 4.69) is 17.3 Å². The summed E-state index contributed by atoms with van der Waals surface area (Å²) in [4.78, 5) is 12.0. The van der Waals surface area contributed by atoms with E-state index in [0.29, 0.717) is 18.2 Å². The normalized spacial score (nSPS) is 13.0. The van der Waals surface area contributed by atoms with Crippen molar-refractivity contribution in [3.05, 3.63) is 34.9 Å². The maximum absolute atomic E-state index is 12.0. The molecule has 0 saturated carbocycles. The summed E-state index contributed by atoms with van der Waals surface area (Å²) in [6, 6.07) is 6.10. The summed E-state index contributed by atoms with van der Waals surface area (Å²) in [7, 11) is 1.98. The zero-order chi connectivity index (χ0) is 13.0. The lowest BCUT2D eigenvalue weighted by Gasteiger charge is -2.12. The molecule has 0 spiro atoms. The maximum Gasteiger partial charge on any atom is 0.350 e. The van der Waals surface area contributed by atoms with E-state index in [1.807, 2.05) is 25.2 Å². The van der Waals surface area contributed by atoms with Gasteiger partial charge in [0.05, 0.1) is 0 Å². The number of rotatable bonds is 6. The van der Waals surface area contributed by atoms with E-state index in [1.165, 1.54) is 0 Å². The Kier molecular flexibility index (Phi) is 4.15. The predicted octanol–water partition coefficient (Wildman–Crippen LogP) is 1.27. The van der Waals surface area contributed by atoms with Gasteiger partial charge in [-0.1, -0.05) is 13.0 Å². The van der Waals surface area contributed by atoms with E-state index in [9.17, 15) is 4.79 Å². The predicted molar refractivity (Wildman–Crippen MR) is 71.8 cm³/mol. The summed E-state index contributed by atoms with van der Waals surface area (Å²) in [6.45, 7) is 2.84. The van der Waals surface area contributed by atoms with Gasteiger partial charge in [-0.15, -0.1) is 5.10 Å². The van der Waals surface area contributed by atoms with Gasteiger partial charge < -0.3 is 5.32 Å². The second kappa shape index (κ2) is 5.82. The van der Waals surface area contributed by atoms with Gasteiger partial charge in [-0.25, -0.2) is 9.48 Å². The minimum absolute atomic E-state index is 0.0527. The smallest absolute Gasteiger partial charge is 0.317 e. The average molecular weight is 248 g/mol. The van der Waals surface area contributed by atoms with Crippen LogP contribution in [0.3, 0.4) is 0 Å². The lowest BCUT2D eigenvalue weighted by atomic mass is 10.1. The number of nitrogens with zero attached hydrogens (tertiary/aromatic N) is 3. The van der Waals surface area contributed by atoms with Crippen LogP contribution in [0.1, 0.15) is 26.2 Å². The first-order valence-electron chi connectivity index (χ1n) is 6.47. The fourth-order valence-corrected chi connectivity index (χ4v) is 2.15. The van der Waals surface area contributed by atoms with Crippen LogP contribution in [-0.2, 0) is 6.54 Å². The molecule has 18 heavy (non-hydrogen) atoms. The average Bonchev–Trinajstić information content (AvgIpc) is 2.72. The number of pyridine rings is 1. The Labute approximate surface area is 106 Å². The van der Waals surface area contributed by atoms with Crippen LogP contribution in [0.25, 0.3) is 5.65 Å². The van der Waals surface area contributed by atoms with Crippen LogP contribution in [-0.4, -0.2) is 27.3 Å². The topological polar surface area (TPSA) is 51.3 Å². The Morgan fingerprint density at radius 3 is 2.94 bits per heavy atom. The number of hydrogen-bond donors (Lipinski definition) is 1. The van der Waals surface area contributed by atoms with Crippen LogP contribution in [0, 0.1) is 0 Å². The van der Waals surface area contributed by atoms with Gasteiger partial charge in [-0.05, 0) is 38.4 Å². The van der Waals surface area contributed by atoms with Gasteiger partial charge in [0, 0.05) is 18.8 Å². The van der Waals surface area contributed by atoms with Crippen LogP contribution >= 0.6 is 0 Å². The third-order valence-corrected chi connectivity index (χ3v) is 3.31. The molecule has 2 heterocycles. The number of hydrogen-bond acceptors (Lipinski definition) is 3. The van der Waals surface area contributed by atoms with Crippen molar-refractivity contribution in [1.82, 2.24) is 19.5 Å². The van der Waals surface area contributed by atoms with Crippen molar-refractivity contribution in [2.75, 3.05) is 7.05 Å². The van der Waals surface area contributed by atoms with Gasteiger partial charge in [-0.2, -0.15) is 0 Å². The van der Waals surface area contributed by atoms with Gasteiger partial charge >= 0.3 is 5.69 Å². The van der Waals surface area contributed by atoms with Gasteiger partial charge in [0.2, 0.25) is 0 Å². The number of aromatic nitrogens is 3. The first-order valence-corrected chi connectivity index (χ1v) is 6.47. The summed E-state index contributed by atoms with van der Waals surface area (Å²) in [5.41, 5.74) is 0.659. The Morgan fingerprint density at radius 2 is 2.28 bits per heavy atom. The molecular formula is C13H20N4O. The molecule has 5 nitrogen and oxygen atoms in total. The standard InChI is InChI=1S/C13H20N4O/c1-3-11(14-2)7-6-10-17-13(18)16-9-5-4-8-12(16)15-17/h4-5,8-9,11,14H,3,6-7,10H2,1-2H3. The lowest BCUT2D eigenvalue weighted by molar-refractivity contribution is 0.452. The number of nitrogens with one attached hydrogen (secondary N) is 1. The molecule has 0 aliphatic heterocycles. The highest BCUT2D eigenvalue weighted by Crippen LogP contribution is 2.02. The number of aryl methyl sites for hydroxylation is 1. The zero-order valence-corrected chi connectivity index (χ0v) is 11.0. The van der Waals surface area contributed by atoms with Crippen LogP contribution in [0.15, 0.2) is 29.2 Å². The van der Waals surface area contributed by atoms with Crippen molar-refractivity contribution in [2.45, 2.75) is 38.8 Å². The van der Waals surface area contributed by atoms with Gasteiger partial charge in [-0.3, -0.25) is 4.40 Å². The Balaban J connectivity index is 2.04. The molecule has 98 valence electrons. The summed E-state index contributed by atoms with van der Waals surface area (Å²) >= 11 is 0. The monoisotopic (exact) mass is 248 g/mol.